The molecule has 0 radical (unpaired) electrons. The molecule has 1 aromatic rings. The van der Waals surface area contributed by atoms with Crippen molar-refractivity contribution >= 4 is 0 Å². The molecule has 2 unspecified atom stereocenters. The van der Waals surface area contributed by atoms with E-state index in [0.29, 0.717) is 13.0 Å². The second-order valence-electron chi connectivity index (χ2n) is 4.16. The van der Waals surface area contributed by atoms with Gasteiger partial charge in [-0.2, -0.15) is 5.26 Å². The third-order valence-corrected chi connectivity index (χ3v) is 2.92. The molecular weight excluding hydrogens is 212 g/mol. The Hall–Kier alpha value is -1.44. The normalized spacial score (nSPS) is 14.3. The van der Waals surface area contributed by atoms with Crippen LogP contribution in [-0.2, 0) is 0 Å². The van der Waals surface area contributed by atoms with Crippen LogP contribution in [0.25, 0.3) is 0 Å². The maximum absolute atomic E-state index is 8.64. The molecule has 0 saturated carbocycles. The molecule has 0 bridgehead atoms. The van der Waals surface area contributed by atoms with E-state index in [1.54, 1.807) is 6.20 Å². The SMILES string of the molecule is CCC(N)C(c1ccccn1)N(C)CCC#N. The molecule has 0 aromatic carbocycles. The fourth-order valence-corrected chi connectivity index (χ4v) is 1.91. The van der Waals surface area contributed by atoms with E-state index in [9.17, 15) is 0 Å². The van der Waals surface area contributed by atoms with Crippen LogP contribution in [0.2, 0.25) is 0 Å². The zero-order valence-corrected chi connectivity index (χ0v) is 10.5. The number of nitriles is 1. The van der Waals surface area contributed by atoms with Gasteiger partial charge in [0.15, 0.2) is 0 Å². The van der Waals surface area contributed by atoms with E-state index in [1.807, 2.05) is 25.2 Å². The number of hydrogen-bond donors (Lipinski definition) is 1. The van der Waals surface area contributed by atoms with Gasteiger partial charge in [-0.1, -0.05) is 13.0 Å². The first-order chi connectivity index (χ1) is 8.20. The summed E-state index contributed by atoms with van der Waals surface area (Å²) in [6.07, 6.45) is 3.18. The van der Waals surface area contributed by atoms with Crippen LogP contribution in [0.5, 0.6) is 0 Å². The van der Waals surface area contributed by atoms with Crippen LogP contribution in [0.3, 0.4) is 0 Å². The molecule has 0 aliphatic heterocycles. The molecule has 1 heterocycles. The minimum Gasteiger partial charge on any atom is -0.326 e. The molecule has 0 saturated heterocycles. The lowest BCUT2D eigenvalue weighted by Crippen LogP contribution is -2.39. The van der Waals surface area contributed by atoms with Gasteiger partial charge in [0.2, 0.25) is 0 Å². The topological polar surface area (TPSA) is 65.9 Å². The van der Waals surface area contributed by atoms with E-state index in [-0.39, 0.29) is 12.1 Å². The van der Waals surface area contributed by atoms with Crippen LogP contribution < -0.4 is 5.73 Å². The van der Waals surface area contributed by atoms with Gasteiger partial charge in [0.25, 0.3) is 0 Å². The van der Waals surface area contributed by atoms with Crippen molar-refractivity contribution in [1.82, 2.24) is 9.88 Å². The zero-order valence-electron chi connectivity index (χ0n) is 10.5. The molecule has 0 fully saturated rings. The lowest BCUT2D eigenvalue weighted by atomic mass is 10.0. The first-order valence-corrected chi connectivity index (χ1v) is 5.94. The van der Waals surface area contributed by atoms with Crippen molar-refractivity contribution in [3.8, 4) is 6.07 Å². The average molecular weight is 232 g/mol. The Morgan fingerprint density at radius 2 is 2.29 bits per heavy atom. The summed E-state index contributed by atoms with van der Waals surface area (Å²) in [4.78, 5) is 6.48. The third kappa shape index (κ3) is 3.81. The van der Waals surface area contributed by atoms with Gasteiger partial charge in [-0.05, 0) is 25.6 Å². The number of aromatic nitrogens is 1. The summed E-state index contributed by atoms with van der Waals surface area (Å²) < 4.78 is 0. The van der Waals surface area contributed by atoms with Crippen LogP contribution in [0.15, 0.2) is 24.4 Å². The van der Waals surface area contributed by atoms with E-state index in [1.165, 1.54) is 0 Å². The molecule has 0 aliphatic rings. The summed E-state index contributed by atoms with van der Waals surface area (Å²) in [5.41, 5.74) is 7.13. The fraction of sp³-hybridized carbons (Fsp3) is 0.538. The highest BCUT2D eigenvalue weighted by Crippen LogP contribution is 2.21. The molecule has 2 N–H and O–H groups in total. The average Bonchev–Trinajstić information content (AvgIpc) is 2.37. The standard InChI is InChI=1S/C13H20N4/c1-3-11(15)13(17(2)10-6-8-14)12-7-4-5-9-16-12/h4-5,7,9,11,13H,3,6,10,15H2,1-2H3. The maximum atomic E-state index is 8.64. The summed E-state index contributed by atoms with van der Waals surface area (Å²) in [6.45, 7) is 2.78. The Labute approximate surface area is 103 Å². The van der Waals surface area contributed by atoms with Crippen molar-refractivity contribution in [1.29, 1.82) is 5.26 Å². The molecule has 17 heavy (non-hydrogen) atoms. The predicted molar refractivity (Wildman–Crippen MR) is 68.1 cm³/mol. The van der Waals surface area contributed by atoms with Crippen LogP contribution in [0.4, 0.5) is 0 Å². The van der Waals surface area contributed by atoms with Crippen molar-refractivity contribution in [2.75, 3.05) is 13.6 Å². The van der Waals surface area contributed by atoms with E-state index < -0.39 is 0 Å². The van der Waals surface area contributed by atoms with Crippen molar-refractivity contribution in [2.45, 2.75) is 31.8 Å². The van der Waals surface area contributed by atoms with E-state index in [0.717, 1.165) is 12.1 Å². The first-order valence-electron chi connectivity index (χ1n) is 5.94. The largest absolute Gasteiger partial charge is 0.326 e. The number of nitrogens with two attached hydrogens (primary N) is 1. The van der Waals surface area contributed by atoms with E-state index in [2.05, 4.69) is 22.9 Å². The summed E-state index contributed by atoms with van der Waals surface area (Å²) >= 11 is 0. The number of rotatable bonds is 6. The molecule has 2 atom stereocenters. The van der Waals surface area contributed by atoms with Crippen LogP contribution >= 0.6 is 0 Å². The summed E-state index contributed by atoms with van der Waals surface area (Å²) in [7, 11) is 1.99. The Bertz CT molecular complexity index is 357. The van der Waals surface area contributed by atoms with E-state index >= 15 is 0 Å². The smallest absolute Gasteiger partial charge is 0.0671 e. The third-order valence-electron chi connectivity index (χ3n) is 2.92. The first kappa shape index (κ1) is 13.6. The van der Waals surface area contributed by atoms with Gasteiger partial charge < -0.3 is 5.73 Å². The Morgan fingerprint density at radius 3 is 2.82 bits per heavy atom. The highest BCUT2D eigenvalue weighted by molar-refractivity contribution is 5.11. The monoisotopic (exact) mass is 232 g/mol. The van der Waals surface area contributed by atoms with Gasteiger partial charge in [0.05, 0.1) is 17.8 Å². The van der Waals surface area contributed by atoms with Gasteiger partial charge in [-0.15, -0.1) is 0 Å². The molecule has 0 amide bonds. The highest BCUT2D eigenvalue weighted by atomic mass is 15.2. The van der Waals surface area contributed by atoms with Gasteiger partial charge in [-0.25, -0.2) is 0 Å². The predicted octanol–water partition coefficient (Wildman–Crippen LogP) is 1.71. The minimum absolute atomic E-state index is 0.0357. The fourth-order valence-electron chi connectivity index (χ4n) is 1.91. The maximum Gasteiger partial charge on any atom is 0.0671 e. The summed E-state index contributed by atoms with van der Waals surface area (Å²) in [5, 5.41) is 8.64. The molecule has 4 heteroatoms. The number of hydrogen-bond acceptors (Lipinski definition) is 4. The van der Waals surface area contributed by atoms with Crippen molar-refractivity contribution < 1.29 is 0 Å². The number of nitrogens with zero attached hydrogens (tertiary/aromatic N) is 3. The summed E-state index contributed by atoms with van der Waals surface area (Å²) in [6, 6.07) is 8.13. The lowest BCUT2D eigenvalue weighted by Gasteiger charge is -2.31. The molecule has 1 rings (SSSR count). The van der Waals surface area contributed by atoms with Gasteiger partial charge in [0.1, 0.15) is 0 Å². The van der Waals surface area contributed by atoms with Crippen molar-refractivity contribution in [2.24, 2.45) is 5.73 Å². The summed E-state index contributed by atoms with van der Waals surface area (Å²) in [5.74, 6) is 0. The molecular formula is C13H20N4. The minimum atomic E-state index is 0.0357. The van der Waals surface area contributed by atoms with Crippen LogP contribution in [0, 0.1) is 11.3 Å². The van der Waals surface area contributed by atoms with Crippen LogP contribution in [-0.4, -0.2) is 29.5 Å². The van der Waals surface area contributed by atoms with E-state index in [4.69, 9.17) is 11.0 Å². The van der Waals surface area contributed by atoms with Crippen molar-refractivity contribution in [3.05, 3.63) is 30.1 Å². The number of pyridine rings is 1. The second kappa shape index (κ2) is 7.00. The zero-order chi connectivity index (χ0) is 12.7. The Balaban J connectivity index is 2.85. The lowest BCUT2D eigenvalue weighted by molar-refractivity contribution is 0.209. The molecule has 1 aromatic heterocycles. The highest BCUT2D eigenvalue weighted by Gasteiger charge is 2.23. The van der Waals surface area contributed by atoms with Gasteiger partial charge in [0, 0.05) is 25.2 Å². The molecule has 92 valence electrons. The van der Waals surface area contributed by atoms with Gasteiger partial charge >= 0.3 is 0 Å². The molecule has 0 aliphatic carbocycles. The Morgan fingerprint density at radius 1 is 1.53 bits per heavy atom. The van der Waals surface area contributed by atoms with Crippen molar-refractivity contribution in [3.63, 3.8) is 0 Å². The Kier molecular flexibility index (Phi) is 5.61. The second-order valence-corrected chi connectivity index (χ2v) is 4.16. The van der Waals surface area contributed by atoms with Gasteiger partial charge in [-0.3, -0.25) is 9.88 Å². The quantitative estimate of drug-likeness (QED) is 0.810. The van der Waals surface area contributed by atoms with Crippen LogP contribution in [0.1, 0.15) is 31.5 Å². The molecule has 0 spiro atoms. The number of likely N-dealkylation sites (N-methyl/N-ethyl adjacent to an activating group) is 1. The molecule has 4 nitrogen and oxygen atoms in total.